The minimum atomic E-state index is -0.333. The molecule has 1 saturated heterocycles. The highest BCUT2D eigenvalue weighted by Crippen LogP contribution is 2.29. The monoisotopic (exact) mass is 365 g/mol. The van der Waals surface area contributed by atoms with E-state index in [1.54, 1.807) is 9.80 Å². The molecule has 1 aromatic rings. The van der Waals surface area contributed by atoms with E-state index in [1.165, 1.54) is 0 Å². The van der Waals surface area contributed by atoms with Crippen LogP contribution >= 0.6 is 12.4 Å². The van der Waals surface area contributed by atoms with Gasteiger partial charge in [-0.05, 0) is 44.7 Å². The summed E-state index contributed by atoms with van der Waals surface area (Å²) >= 11 is 0. The minimum Gasteiger partial charge on any atom is -0.331 e. The van der Waals surface area contributed by atoms with Crippen molar-refractivity contribution >= 4 is 29.9 Å². The summed E-state index contributed by atoms with van der Waals surface area (Å²) in [6.45, 7) is 3.20. The summed E-state index contributed by atoms with van der Waals surface area (Å²) in [7, 11) is 0. The molecule has 3 atom stereocenters. The number of hydrogen-bond donors (Lipinski definition) is 1. The molecule has 2 N–H and O–H groups in total. The van der Waals surface area contributed by atoms with Crippen molar-refractivity contribution < 1.29 is 9.59 Å². The van der Waals surface area contributed by atoms with Crippen LogP contribution in [0.3, 0.4) is 0 Å². The number of benzene rings is 1. The van der Waals surface area contributed by atoms with Crippen molar-refractivity contribution in [3.05, 3.63) is 30.3 Å². The lowest BCUT2D eigenvalue weighted by molar-refractivity contribution is -0.142. The van der Waals surface area contributed by atoms with E-state index < -0.39 is 0 Å². The topological polar surface area (TPSA) is 66.6 Å². The van der Waals surface area contributed by atoms with Crippen LogP contribution in [0.5, 0.6) is 0 Å². The molecule has 0 aromatic heterocycles. The van der Waals surface area contributed by atoms with Crippen molar-refractivity contribution in [1.29, 1.82) is 0 Å². The molecular formula is C19H28ClN3O2. The predicted octanol–water partition coefficient (Wildman–Crippen LogP) is 2.58. The zero-order chi connectivity index (χ0) is 17.1. The van der Waals surface area contributed by atoms with Gasteiger partial charge in [0.1, 0.15) is 6.04 Å². The Morgan fingerprint density at radius 2 is 1.96 bits per heavy atom. The molecular weight excluding hydrogens is 338 g/mol. The second kappa shape index (κ2) is 8.68. The molecule has 0 spiro atoms. The number of hydrogen-bond acceptors (Lipinski definition) is 3. The molecule has 138 valence electrons. The molecule has 1 aliphatic heterocycles. The van der Waals surface area contributed by atoms with Gasteiger partial charge in [0.25, 0.3) is 0 Å². The Hall–Kier alpha value is -1.59. The Morgan fingerprint density at radius 3 is 2.60 bits per heavy atom. The number of amides is 2. The first kappa shape index (κ1) is 19.7. The maximum absolute atomic E-state index is 13.0. The van der Waals surface area contributed by atoms with E-state index in [0.29, 0.717) is 19.5 Å². The molecule has 1 heterocycles. The van der Waals surface area contributed by atoms with Gasteiger partial charge in [-0.25, -0.2) is 0 Å². The smallest absolute Gasteiger partial charge is 0.249 e. The Kier molecular flexibility index (Phi) is 6.85. The van der Waals surface area contributed by atoms with E-state index >= 15 is 0 Å². The van der Waals surface area contributed by atoms with Crippen LogP contribution in [0.25, 0.3) is 0 Å². The van der Waals surface area contributed by atoms with Crippen molar-refractivity contribution in [3.63, 3.8) is 0 Å². The van der Waals surface area contributed by atoms with Gasteiger partial charge < -0.3 is 15.5 Å². The summed E-state index contributed by atoms with van der Waals surface area (Å²) in [6.07, 6.45) is 4.35. The number of nitrogens with two attached hydrogens (primary N) is 1. The predicted molar refractivity (Wildman–Crippen MR) is 102 cm³/mol. The fourth-order valence-electron chi connectivity index (χ4n) is 4.03. The van der Waals surface area contributed by atoms with Gasteiger partial charge in [0.2, 0.25) is 11.8 Å². The van der Waals surface area contributed by atoms with E-state index in [2.05, 4.69) is 0 Å². The molecule has 3 rings (SSSR count). The van der Waals surface area contributed by atoms with Gasteiger partial charge in [0.05, 0.1) is 0 Å². The third kappa shape index (κ3) is 4.15. The van der Waals surface area contributed by atoms with Crippen molar-refractivity contribution in [1.82, 2.24) is 4.90 Å². The third-order valence-electron chi connectivity index (χ3n) is 5.31. The second-order valence-corrected chi connectivity index (χ2v) is 6.88. The fourth-order valence-corrected chi connectivity index (χ4v) is 4.03. The van der Waals surface area contributed by atoms with Gasteiger partial charge in [0, 0.05) is 30.7 Å². The molecule has 1 saturated carbocycles. The van der Waals surface area contributed by atoms with E-state index in [1.807, 2.05) is 37.3 Å². The summed E-state index contributed by atoms with van der Waals surface area (Å²) in [6, 6.07) is 9.48. The summed E-state index contributed by atoms with van der Waals surface area (Å²) in [4.78, 5) is 29.4. The summed E-state index contributed by atoms with van der Waals surface area (Å²) in [5.41, 5.74) is 6.95. The van der Waals surface area contributed by atoms with Crippen molar-refractivity contribution in [2.24, 2.45) is 11.7 Å². The number of rotatable bonds is 4. The first-order valence-corrected chi connectivity index (χ1v) is 9.04. The fraction of sp³-hybridized carbons (Fsp3) is 0.579. The van der Waals surface area contributed by atoms with E-state index in [-0.39, 0.29) is 42.2 Å². The van der Waals surface area contributed by atoms with Crippen LogP contribution in [0.2, 0.25) is 0 Å². The molecule has 3 unspecified atom stereocenters. The van der Waals surface area contributed by atoms with E-state index in [4.69, 9.17) is 5.73 Å². The SMILES string of the molecule is CCN(C(=O)C1CCCC(N)C1)C1CCN(c2ccccc2)C1=O.Cl. The quantitative estimate of drug-likeness (QED) is 0.891. The Labute approximate surface area is 155 Å². The van der Waals surface area contributed by atoms with Crippen LogP contribution in [0.15, 0.2) is 30.3 Å². The zero-order valence-corrected chi connectivity index (χ0v) is 15.6. The van der Waals surface area contributed by atoms with Gasteiger partial charge >= 0.3 is 0 Å². The molecule has 2 fully saturated rings. The molecule has 0 bridgehead atoms. The summed E-state index contributed by atoms with van der Waals surface area (Å²) in [5.74, 6) is 0.129. The normalized spacial score (nSPS) is 26.2. The highest BCUT2D eigenvalue weighted by molar-refractivity contribution is 6.01. The maximum Gasteiger partial charge on any atom is 0.249 e. The first-order chi connectivity index (χ1) is 11.6. The average Bonchev–Trinajstić information content (AvgIpc) is 2.98. The highest BCUT2D eigenvalue weighted by atomic mass is 35.5. The largest absolute Gasteiger partial charge is 0.331 e. The molecule has 0 radical (unpaired) electrons. The minimum absolute atomic E-state index is 0. The van der Waals surface area contributed by atoms with Crippen molar-refractivity contribution in [2.75, 3.05) is 18.0 Å². The molecule has 6 heteroatoms. The average molecular weight is 366 g/mol. The molecule has 2 amide bonds. The Morgan fingerprint density at radius 1 is 1.24 bits per heavy atom. The highest BCUT2D eigenvalue weighted by Gasteiger charge is 2.40. The Balaban J connectivity index is 0.00000225. The van der Waals surface area contributed by atoms with Crippen molar-refractivity contribution in [2.45, 2.75) is 51.1 Å². The molecule has 2 aliphatic rings. The van der Waals surface area contributed by atoms with Crippen LogP contribution in [0.1, 0.15) is 39.0 Å². The molecule has 1 aliphatic carbocycles. The van der Waals surface area contributed by atoms with Crippen molar-refractivity contribution in [3.8, 4) is 0 Å². The second-order valence-electron chi connectivity index (χ2n) is 6.88. The van der Waals surface area contributed by atoms with Gasteiger partial charge in [0.15, 0.2) is 0 Å². The van der Waals surface area contributed by atoms with Gasteiger partial charge in [-0.3, -0.25) is 9.59 Å². The number of halogens is 1. The number of carbonyl (C=O) groups excluding carboxylic acids is 2. The molecule has 5 nitrogen and oxygen atoms in total. The standard InChI is InChI=1S/C19H27N3O2.ClH/c1-2-21(18(23)14-7-6-8-15(20)13-14)17-11-12-22(19(17)24)16-9-4-3-5-10-16;/h3-5,9-10,14-15,17H,2,6-8,11-13,20H2,1H3;1H. The lowest BCUT2D eigenvalue weighted by Gasteiger charge is -2.33. The zero-order valence-electron chi connectivity index (χ0n) is 14.8. The first-order valence-electron chi connectivity index (χ1n) is 9.04. The van der Waals surface area contributed by atoms with E-state index in [0.717, 1.165) is 31.4 Å². The lowest BCUT2D eigenvalue weighted by atomic mass is 9.85. The number of anilines is 1. The summed E-state index contributed by atoms with van der Waals surface area (Å²) < 4.78 is 0. The number of nitrogens with zero attached hydrogens (tertiary/aromatic N) is 2. The number of para-hydroxylation sites is 1. The Bertz CT molecular complexity index is 596. The van der Waals surface area contributed by atoms with Gasteiger partial charge in [-0.1, -0.05) is 24.6 Å². The van der Waals surface area contributed by atoms with Gasteiger partial charge in [-0.15, -0.1) is 12.4 Å². The van der Waals surface area contributed by atoms with Crippen LogP contribution in [0, 0.1) is 5.92 Å². The van der Waals surface area contributed by atoms with Crippen LogP contribution < -0.4 is 10.6 Å². The third-order valence-corrected chi connectivity index (χ3v) is 5.31. The van der Waals surface area contributed by atoms with Crippen LogP contribution in [-0.2, 0) is 9.59 Å². The number of likely N-dealkylation sites (N-methyl/N-ethyl adjacent to an activating group) is 1. The van der Waals surface area contributed by atoms with Gasteiger partial charge in [-0.2, -0.15) is 0 Å². The van der Waals surface area contributed by atoms with Crippen LogP contribution in [0.4, 0.5) is 5.69 Å². The summed E-state index contributed by atoms with van der Waals surface area (Å²) in [5, 5.41) is 0. The number of carbonyl (C=O) groups is 2. The maximum atomic E-state index is 13.0. The van der Waals surface area contributed by atoms with E-state index in [9.17, 15) is 9.59 Å². The molecule has 25 heavy (non-hydrogen) atoms. The lowest BCUT2D eigenvalue weighted by Crippen LogP contribution is -2.49. The molecule has 1 aromatic carbocycles. The van der Waals surface area contributed by atoms with Crippen LogP contribution in [-0.4, -0.2) is 41.9 Å².